The summed E-state index contributed by atoms with van der Waals surface area (Å²) in [5.41, 5.74) is 0. The zero-order valence-electron chi connectivity index (χ0n) is 14.3. The highest BCUT2D eigenvalue weighted by Crippen LogP contribution is 2.19. The van der Waals surface area contributed by atoms with E-state index < -0.39 is 46.0 Å². The van der Waals surface area contributed by atoms with E-state index in [0.717, 1.165) is 37.1 Å². The van der Waals surface area contributed by atoms with Crippen LogP contribution in [0.1, 0.15) is 26.7 Å². The molecule has 1 aliphatic rings. The SMILES string of the molecule is C[C@H](OC(=O)[C@H](NS(=O)(=O)c1ccc(F)cc1)[C@@H](C)O)C(=O)NC1CC1. The number of carbonyl (C=O) groups is 2. The van der Waals surface area contributed by atoms with Crippen molar-refractivity contribution in [1.82, 2.24) is 10.0 Å². The lowest BCUT2D eigenvalue weighted by Crippen LogP contribution is -2.50. The van der Waals surface area contributed by atoms with Crippen LogP contribution in [-0.4, -0.2) is 49.7 Å². The van der Waals surface area contributed by atoms with Gasteiger partial charge >= 0.3 is 5.97 Å². The Kier molecular flexibility index (Phi) is 6.32. The summed E-state index contributed by atoms with van der Waals surface area (Å²) in [6, 6.07) is 2.40. The molecule has 1 fully saturated rings. The minimum atomic E-state index is -4.21. The third-order valence-corrected chi connectivity index (χ3v) is 5.19. The quantitative estimate of drug-likeness (QED) is 0.542. The molecule has 1 saturated carbocycles. The Labute approximate surface area is 150 Å². The molecule has 2 rings (SSSR count). The molecule has 0 saturated heterocycles. The summed E-state index contributed by atoms with van der Waals surface area (Å²) in [5.74, 6) is -2.21. The van der Waals surface area contributed by atoms with Crippen molar-refractivity contribution in [3.63, 3.8) is 0 Å². The summed E-state index contributed by atoms with van der Waals surface area (Å²) < 4.78 is 44.5. The van der Waals surface area contributed by atoms with Gasteiger partial charge in [-0.05, 0) is 51.0 Å². The second kappa shape index (κ2) is 8.11. The Hall–Kier alpha value is -2.04. The molecule has 1 aromatic carbocycles. The van der Waals surface area contributed by atoms with Gasteiger partial charge in [-0.3, -0.25) is 9.59 Å². The minimum Gasteiger partial charge on any atom is -0.451 e. The van der Waals surface area contributed by atoms with Crippen molar-refractivity contribution in [3.05, 3.63) is 30.1 Å². The van der Waals surface area contributed by atoms with Crippen LogP contribution in [0.5, 0.6) is 0 Å². The number of aliphatic hydroxyl groups excluding tert-OH is 1. The molecule has 1 amide bonds. The molecule has 26 heavy (non-hydrogen) atoms. The van der Waals surface area contributed by atoms with Gasteiger partial charge in [-0.1, -0.05) is 0 Å². The first-order valence-electron chi connectivity index (χ1n) is 8.07. The Morgan fingerprint density at radius 3 is 2.31 bits per heavy atom. The molecule has 3 atom stereocenters. The standard InChI is InChI=1S/C16H21FN2O6S/c1-9(20)14(16(22)25-10(2)15(21)18-12-5-6-12)19-26(23,24)13-7-3-11(17)4-8-13/h3-4,7-10,12,14,19-20H,5-6H2,1-2H3,(H,18,21)/t9-,10+,14-/m1/s1. The van der Waals surface area contributed by atoms with Crippen molar-refractivity contribution in [2.45, 2.75) is 55.9 Å². The molecule has 0 aliphatic heterocycles. The smallest absolute Gasteiger partial charge is 0.327 e. The second-order valence-corrected chi connectivity index (χ2v) is 7.87. The highest BCUT2D eigenvalue weighted by atomic mass is 32.2. The molecular formula is C16H21FN2O6S. The van der Waals surface area contributed by atoms with E-state index in [4.69, 9.17) is 4.74 Å². The number of esters is 1. The van der Waals surface area contributed by atoms with Gasteiger partial charge in [-0.25, -0.2) is 12.8 Å². The van der Waals surface area contributed by atoms with E-state index in [0.29, 0.717) is 0 Å². The normalized spacial score (nSPS) is 17.8. The highest BCUT2D eigenvalue weighted by molar-refractivity contribution is 7.89. The Morgan fingerprint density at radius 2 is 1.81 bits per heavy atom. The summed E-state index contributed by atoms with van der Waals surface area (Å²) in [6.07, 6.45) is -0.837. The molecule has 0 spiro atoms. The Bertz CT molecular complexity index is 761. The maximum Gasteiger partial charge on any atom is 0.327 e. The van der Waals surface area contributed by atoms with Gasteiger partial charge in [0.2, 0.25) is 10.0 Å². The molecule has 0 radical (unpaired) electrons. The van der Waals surface area contributed by atoms with Gasteiger partial charge in [0.25, 0.3) is 5.91 Å². The zero-order valence-corrected chi connectivity index (χ0v) is 15.1. The van der Waals surface area contributed by atoms with Gasteiger partial charge in [-0.2, -0.15) is 4.72 Å². The van der Waals surface area contributed by atoms with Crippen molar-refractivity contribution in [3.8, 4) is 0 Å². The number of carbonyl (C=O) groups excluding carboxylic acids is 2. The molecular weight excluding hydrogens is 367 g/mol. The van der Waals surface area contributed by atoms with E-state index >= 15 is 0 Å². The van der Waals surface area contributed by atoms with Gasteiger partial charge in [-0.15, -0.1) is 0 Å². The van der Waals surface area contributed by atoms with Crippen LogP contribution >= 0.6 is 0 Å². The zero-order chi connectivity index (χ0) is 19.5. The summed E-state index contributed by atoms with van der Waals surface area (Å²) in [7, 11) is -4.21. The predicted octanol–water partition coefficient (Wildman–Crippen LogP) is 0.0637. The maximum absolute atomic E-state index is 12.9. The number of ether oxygens (including phenoxy) is 1. The van der Waals surface area contributed by atoms with E-state index in [1.165, 1.54) is 13.8 Å². The van der Waals surface area contributed by atoms with Crippen molar-refractivity contribution in [2.24, 2.45) is 0 Å². The molecule has 3 N–H and O–H groups in total. The average molecular weight is 388 g/mol. The van der Waals surface area contributed by atoms with Crippen LogP contribution in [0.25, 0.3) is 0 Å². The fraction of sp³-hybridized carbons (Fsp3) is 0.500. The van der Waals surface area contributed by atoms with Crippen LogP contribution < -0.4 is 10.0 Å². The van der Waals surface area contributed by atoms with Crippen molar-refractivity contribution < 1.29 is 32.2 Å². The molecule has 0 unspecified atom stereocenters. The average Bonchev–Trinajstić information content (AvgIpc) is 3.36. The van der Waals surface area contributed by atoms with E-state index in [2.05, 4.69) is 5.32 Å². The lowest BCUT2D eigenvalue weighted by atomic mass is 10.2. The van der Waals surface area contributed by atoms with E-state index in [9.17, 15) is 27.5 Å². The highest BCUT2D eigenvalue weighted by Gasteiger charge is 2.34. The molecule has 1 aromatic rings. The van der Waals surface area contributed by atoms with E-state index in [-0.39, 0.29) is 10.9 Å². The number of hydrogen-bond donors (Lipinski definition) is 3. The maximum atomic E-state index is 12.9. The van der Waals surface area contributed by atoms with Crippen LogP contribution in [0.4, 0.5) is 4.39 Å². The van der Waals surface area contributed by atoms with Crippen LogP contribution in [0.3, 0.4) is 0 Å². The number of nitrogens with one attached hydrogen (secondary N) is 2. The van der Waals surface area contributed by atoms with Crippen molar-refractivity contribution in [1.29, 1.82) is 0 Å². The molecule has 144 valence electrons. The van der Waals surface area contributed by atoms with Gasteiger partial charge in [0.1, 0.15) is 11.9 Å². The lowest BCUT2D eigenvalue weighted by molar-refractivity contribution is -0.158. The van der Waals surface area contributed by atoms with E-state index in [1.807, 2.05) is 4.72 Å². The lowest BCUT2D eigenvalue weighted by Gasteiger charge is -2.22. The first kappa shape index (κ1) is 20.3. The number of halogens is 1. The monoisotopic (exact) mass is 388 g/mol. The third-order valence-electron chi connectivity index (χ3n) is 3.73. The first-order chi connectivity index (χ1) is 12.1. The molecule has 0 bridgehead atoms. The number of aliphatic hydroxyl groups is 1. The molecule has 1 aliphatic carbocycles. The van der Waals surface area contributed by atoms with Crippen LogP contribution in [0.15, 0.2) is 29.2 Å². The van der Waals surface area contributed by atoms with Gasteiger partial charge in [0.05, 0.1) is 11.0 Å². The topological polar surface area (TPSA) is 122 Å². The van der Waals surface area contributed by atoms with Crippen molar-refractivity contribution >= 4 is 21.9 Å². The second-order valence-electron chi connectivity index (χ2n) is 6.16. The molecule has 0 heterocycles. The van der Waals surface area contributed by atoms with Gasteiger partial charge in [0, 0.05) is 6.04 Å². The number of sulfonamides is 1. The Balaban J connectivity index is 2.05. The largest absolute Gasteiger partial charge is 0.451 e. The third kappa shape index (κ3) is 5.48. The minimum absolute atomic E-state index is 0.0770. The molecule has 10 heteroatoms. The van der Waals surface area contributed by atoms with Gasteiger partial charge in [0.15, 0.2) is 6.10 Å². The van der Waals surface area contributed by atoms with Gasteiger partial charge < -0.3 is 15.2 Å². The van der Waals surface area contributed by atoms with Crippen LogP contribution in [0.2, 0.25) is 0 Å². The van der Waals surface area contributed by atoms with Crippen LogP contribution in [-0.2, 0) is 24.3 Å². The van der Waals surface area contributed by atoms with Crippen LogP contribution in [0, 0.1) is 5.82 Å². The fourth-order valence-electron chi connectivity index (χ4n) is 2.04. The van der Waals surface area contributed by atoms with E-state index in [1.54, 1.807) is 0 Å². The number of rotatable bonds is 8. The number of benzene rings is 1. The van der Waals surface area contributed by atoms with Crippen molar-refractivity contribution in [2.75, 3.05) is 0 Å². The fourth-order valence-corrected chi connectivity index (χ4v) is 3.30. The molecule has 0 aromatic heterocycles. The molecule has 8 nitrogen and oxygen atoms in total. The predicted molar refractivity (Wildman–Crippen MR) is 88.9 cm³/mol. The summed E-state index contributed by atoms with van der Waals surface area (Å²) in [6.45, 7) is 2.55. The summed E-state index contributed by atoms with van der Waals surface area (Å²) in [4.78, 5) is 23.8. The summed E-state index contributed by atoms with van der Waals surface area (Å²) >= 11 is 0. The number of hydrogen-bond acceptors (Lipinski definition) is 6. The summed E-state index contributed by atoms with van der Waals surface area (Å²) in [5, 5.41) is 12.4. The Morgan fingerprint density at radius 1 is 1.23 bits per heavy atom. The number of amides is 1. The first-order valence-corrected chi connectivity index (χ1v) is 9.55.